The average Bonchev–Trinajstić information content (AvgIpc) is 2.55. The van der Waals surface area contributed by atoms with E-state index < -0.39 is 0 Å². The third kappa shape index (κ3) is 6.39. The molecule has 2 aromatic carbocycles. The first-order chi connectivity index (χ1) is 11.5. The molecule has 0 radical (unpaired) electrons. The maximum absolute atomic E-state index is 12.0. The summed E-state index contributed by atoms with van der Waals surface area (Å²) in [6.45, 7) is 4.96. The molecule has 128 valence electrons. The van der Waals surface area contributed by atoms with Crippen molar-refractivity contribution in [1.82, 2.24) is 0 Å². The second kappa shape index (κ2) is 9.52. The highest BCUT2D eigenvalue weighted by molar-refractivity contribution is 14.1. The van der Waals surface area contributed by atoms with Crippen LogP contribution in [0.3, 0.4) is 0 Å². The van der Waals surface area contributed by atoms with Crippen LogP contribution in [0.4, 0.5) is 5.69 Å². The molecule has 0 aliphatic rings. The summed E-state index contributed by atoms with van der Waals surface area (Å²) in [5.74, 6) is 1.79. The maximum Gasteiger partial charge on any atom is 0.262 e. The van der Waals surface area contributed by atoms with Crippen molar-refractivity contribution in [2.75, 3.05) is 18.5 Å². The van der Waals surface area contributed by atoms with Crippen molar-refractivity contribution in [2.45, 2.75) is 20.3 Å². The number of carbonyl (C=O) groups is 1. The molecule has 1 amide bonds. The van der Waals surface area contributed by atoms with Crippen molar-refractivity contribution in [2.24, 2.45) is 5.92 Å². The van der Waals surface area contributed by atoms with Crippen LogP contribution in [0, 0.1) is 9.49 Å². The number of rotatable bonds is 8. The van der Waals surface area contributed by atoms with Crippen LogP contribution in [0.5, 0.6) is 11.5 Å². The predicted molar refractivity (Wildman–Crippen MR) is 105 cm³/mol. The molecule has 5 heteroatoms. The lowest BCUT2D eigenvalue weighted by molar-refractivity contribution is -0.118. The molecule has 0 spiro atoms. The summed E-state index contributed by atoms with van der Waals surface area (Å²) in [6.07, 6.45) is 1.00. The van der Waals surface area contributed by atoms with Crippen LogP contribution in [0.25, 0.3) is 0 Å². The van der Waals surface area contributed by atoms with Gasteiger partial charge in [-0.1, -0.05) is 32.0 Å². The molecule has 4 nitrogen and oxygen atoms in total. The number of hydrogen-bond acceptors (Lipinski definition) is 3. The van der Waals surface area contributed by atoms with E-state index in [2.05, 4.69) is 41.8 Å². The topological polar surface area (TPSA) is 47.6 Å². The van der Waals surface area contributed by atoms with Gasteiger partial charge in [0.25, 0.3) is 5.91 Å². The van der Waals surface area contributed by atoms with E-state index in [0.717, 1.165) is 21.4 Å². The van der Waals surface area contributed by atoms with Gasteiger partial charge in [-0.2, -0.15) is 0 Å². The highest BCUT2D eigenvalue weighted by Crippen LogP contribution is 2.20. The molecule has 0 aliphatic heterocycles. The van der Waals surface area contributed by atoms with Crippen molar-refractivity contribution in [3.8, 4) is 11.5 Å². The van der Waals surface area contributed by atoms with Crippen LogP contribution in [0.2, 0.25) is 0 Å². The molecule has 24 heavy (non-hydrogen) atoms. The number of anilines is 1. The number of ether oxygens (including phenoxy) is 2. The molecule has 0 atom stereocenters. The lowest BCUT2D eigenvalue weighted by atomic mass is 10.1. The van der Waals surface area contributed by atoms with E-state index in [-0.39, 0.29) is 12.5 Å². The van der Waals surface area contributed by atoms with Gasteiger partial charge >= 0.3 is 0 Å². The van der Waals surface area contributed by atoms with Crippen molar-refractivity contribution in [3.05, 3.63) is 52.1 Å². The first-order valence-corrected chi connectivity index (χ1v) is 9.02. The Labute approximate surface area is 156 Å². The number of amides is 1. The number of para-hydroxylation sites is 1. The van der Waals surface area contributed by atoms with E-state index >= 15 is 0 Å². The van der Waals surface area contributed by atoms with Gasteiger partial charge < -0.3 is 14.8 Å². The van der Waals surface area contributed by atoms with E-state index in [9.17, 15) is 4.79 Å². The van der Waals surface area contributed by atoms with E-state index in [1.54, 1.807) is 6.07 Å². The molecule has 0 bridgehead atoms. The van der Waals surface area contributed by atoms with Gasteiger partial charge in [0.1, 0.15) is 11.5 Å². The van der Waals surface area contributed by atoms with Crippen molar-refractivity contribution in [1.29, 1.82) is 0 Å². The van der Waals surface area contributed by atoms with Crippen molar-refractivity contribution in [3.63, 3.8) is 0 Å². The molecule has 2 aromatic rings. The summed E-state index contributed by atoms with van der Waals surface area (Å²) in [5, 5.41) is 2.84. The first-order valence-electron chi connectivity index (χ1n) is 7.94. The summed E-state index contributed by atoms with van der Waals surface area (Å²) in [5.41, 5.74) is 0.789. The second-order valence-corrected chi connectivity index (χ2v) is 6.98. The van der Waals surface area contributed by atoms with Crippen LogP contribution < -0.4 is 14.8 Å². The predicted octanol–water partition coefficient (Wildman–Crippen LogP) is 4.73. The molecule has 1 N–H and O–H groups in total. The fourth-order valence-electron chi connectivity index (χ4n) is 1.96. The number of halogens is 1. The quantitative estimate of drug-likeness (QED) is 0.605. The first kappa shape index (κ1) is 18.6. The zero-order valence-electron chi connectivity index (χ0n) is 13.9. The molecule has 0 fully saturated rings. The number of hydrogen-bond donors (Lipinski definition) is 1. The highest BCUT2D eigenvalue weighted by Gasteiger charge is 2.06. The fourth-order valence-corrected chi connectivity index (χ4v) is 2.49. The Morgan fingerprint density at radius 2 is 1.79 bits per heavy atom. The molecule has 0 unspecified atom stereocenters. The lowest BCUT2D eigenvalue weighted by Gasteiger charge is -2.11. The van der Waals surface area contributed by atoms with Gasteiger partial charge in [0.05, 0.1) is 12.3 Å². The SMILES string of the molecule is CC(C)CCOc1cccc(OCC(=O)Nc2ccccc2I)c1. The van der Waals surface area contributed by atoms with Crippen LogP contribution >= 0.6 is 22.6 Å². The minimum atomic E-state index is -0.190. The van der Waals surface area contributed by atoms with Crippen molar-refractivity contribution >= 4 is 34.2 Å². The molecular formula is C19H22INO3. The van der Waals surface area contributed by atoms with Gasteiger partial charge in [0.15, 0.2) is 6.61 Å². The standard InChI is InChI=1S/C19H22INO3/c1-14(2)10-11-23-15-6-5-7-16(12-15)24-13-19(22)21-18-9-4-3-8-17(18)20/h3-9,12,14H,10-11,13H2,1-2H3,(H,21,22). The second-order valence-electron chi connectivity index (χ2n) is 5.82. The van der Waals surface area contributed by atoms with Crippen LogP contribution in [0.15, 0.2) is 48.5 Å². The third-order valence-electron chi connectivity index (χ3n) is 3.29. The minimum Gasteiger partial charge on any atom is -0.493 e. The Morgan fingerprint density at radius 1 is 1.08 bits per heavy atom. The number of benzene rings is 2. The highest BCUT2D eigenvalue weighted by atomic mass is 127. The molecule has 0 aromatic heterocycles. The van der Waals surface area contributed by atoms with Crippen molar-refractivity contribution < 1.29 is 14.3 Å². The smallest absolute Gasteiger partial charge is 0.262 e. The molecule has 0 saturated heterocycles. The average molecular weight is 439 g/mol. The summed E-state index contributed by atoms with van der Waals surface area (Å²) >= 11 is 2.18. The summed E-state index contributed by atoms with van der Waals surface area (Å²) in [7, 11) is 0. The largest absolute Gasteiger partial charge is 0.493 e. The van der Waals surface area contributed by atoms with Gasteiger partial charge in [-0.15, -0.1) is 0 Å². The zero-order chi connectivity index (χ0) is 17.4. The number of carbonyl (C=O) groups excluding carboxylic acids is 1. The van der Waals surface area contributed by atoms with E-state index in [0.29, 0.717) is 18.3 Å². The minimum absolute atomic E-state index is 0.0412. The van der Waals surface area contributed by atoms with Gasteiger partial charge in [-0.25, -0.2) is 0 Å². The monoisotopic (exact) mass is 439 g/mol. The van der Waals surface area contributed by atoms with E-state index in [1.165, 1.54) is 0 Å². The van der Waals surface area contributed by atoms with Gasteiger partial charge in [-0.3, -0.25) is 4.79 Å². The molecular weight excluding hydrogens is 417 g/mol. The molecule has 0 aliphatic carbocycles. The normalized spacial score (nSPS) is 10.5. The molecule has 0 saturated carbocycles. The van der Waals surface area contributed by atoms with Gasteiger partial charge in [-0.05, 0) is 59.2 Å². The Morgan fingerprint density at radius 3 is 2.50 bits per heavy atom. The third-order valence-corrected chi connectivity index (χ3v) is 4.23. The number of nitrogens with one attached hydrogen (secondary N) is 1. The maximum atomic E-state index is 12.0. The Balaban J connectivity index is 1.83. The lowest BCUT2D eigenvalue weighted by Crippen LogP contribution is -2.20. The van der Waals surface area contributed by atoms with E-state index in [1.807, 2.05) is 42.5 Å². The summed E-state index contributed by atoms with van der Waals surface area (Å²) in [4.78, 5) is 12.0. The van der Waals surface area contributed by atoms with Crippen LogP contribution in [0.1, 0.15) is 20.3 Å². The zero-order valence-corrected chi connectivity index (χ0v) is 16.1. The Kier molecular flexibility index (Phi) is 7.36. The van der Waals surface area contributed by atoms with E-state index in [4.69, 9.17) is 9.47 Å². The Bertz CT molecular complexity index is 673. The Hall–Kier alpha value is -1.76. The fraction of sp³-hybridized carbons (Fsp3) is 0.316. The van der Waals surface area contributed by atoms with Gasteiger partial charge in [0.2, 0.25) is 0 Å². The molecule has 2 rings (SSSR count). The van der Waals surface area contributed by atoms with Gasteiger partial charge in [0, 0.05) is 9.64 Å². The molecule has 0 heterocycles. The van der Waals surface area contributed by atoms with Crippen LogP contribution in [-0.2, 0) is 4.79 Å². The summed E-state index contributed by atoms with van der Waals surface area (Å²) < 4.78 is 12.2. The summed E-state index contributed by atoms with van der Waals surface area (Å²) in [6, 6.07) is 15.0. The van der Waals surface area contributed by atoms with Crippen LogP contribution in [-0.4, -0.2) is 19.1 Å².